The Hall–Kier alpha value is -0.730. The Labute approximate surface area is 112 Å². The highest BCUT2D eigenvalue weighted by molar-refractivity contribution is 6.37. The third kappa shape index (κ3) is 3.62. The summed E-state index contributed by atoms with van der Waals surface area (Å²) in [4.78, 5) is 11.6. The fourth-order valence-electron chi connectivity index (χ4n) is 1.69. The Bertz CT molecular complexity index is 414. The first kappa shape index (κ1) is 14.3. The van der Waals surface area contributed by atoms with E-state index in [0.717, 1.165) is 12.8 Å². The van der Waals surface area contributed by atoms with E-state index in [1.54, 1.807) is 12.1 Å². The number of hydrogen-bond donors (Lipinski definition) is 1. The molecule has 0 radical (unpaired) electrons. The van der Waals surface area contributed by atoms with Crippen LogP contribution in [0.2, 0.25) is 10.0 Å². The van der Waals surface area contributed by atoms with Crippen LogP contribution in [0.25, 0.3) is 0 Å². The molecule has 2 nitrogen and oxygen atoms in total. The van der Waals surface area contributed by atoms with Crippen molar-refractivity contribution in [3.05, 3.63) is 27.7 Å². The highest BCUT2D eigenvalue weighted by atomic mass is 35.5. The predicted octanol–water partition coefficient (Wildman–Crippen LogP) is 4.80. The summed E-state index contributed by atoms with van der Waals surface area (Å²) >= 11 is 12.0. The summed E-state index contributed by atoms with van der Waals surface area (Å²) in [6.45, 7) is 5.71. The van der Waals surface area contributed by atoms with Gasteiger partial charge in [-0.05, 0) is 31.9 Å². The quantitative estimate of drug-likeness (QED) is 0.781. The van der Waals surface area contributed by atoms with Crippen LogP contribution >= 0.6 is 23.2 Å². The minimum Gasteiger partial charge on any atom is -0.381 e. The third-order valence-corrected chi connectivity index (χ3v) is 3.28. The van der Waals surface area contributed by atoms with E-state index in [-0.39, 0.29) is 5.78 Å². The molecule has 17 heavy (non-hydrogen) atoms. The molecule has 0 spiro atoms. The predicted molar refractivity (Wildman–Crippen MR) is 74.5 cm³/mol. The number of hydrogen-bond acceptors (Lipinski definition) is 2. The van der Waals surface area contributed by atoms with Gasteiger partial charge in [0.25, 0.3) is 0 Å². The van der Waals surface area contributed by atoms with E-state index in [1.165, 1.54) is 6.92 Å². The zero-order valence-corrected chi connectivity index (χ0v) is 11.8. The molecule has 1 rings (SSSR count). The molecule has 0 aliphatic carbocycles. The second kappa shape index (κ2) is 6.27. The van der Waals surface area contributed by atoms with Crippen molar-refractivity contribution in [2.75, 3.05) is 5.32 Å². The molecule has 0 unspecified atom stereocenters. The number of Topliss-reactive ketones (excluding diaryl/α,β-unsaturated/α-hetero) is 1. The van der Waals surface area contributed by atoms with Crippen molar-refractivity contribution < 1.29 is 4.79 Å². The average molecular weight is 274 g/mol. The first-order valence-corrected chi connectivity index (χ1v) is 6.51. The van der Waals surface area contributed by atoms with Gasteiger partial charge in [0.1, 0.15) is 0 Å². The standard InChI is InChI=1S/C13H17Cl2NO/c1-4-10(5-2)16-13-11(8(3)17)6-9(14)7-12(13)15/h6-7,10,16H,4-5H2,1-3H3. The van der Waals surface area contributed by atoms with Crippen molar-refractivity contribution in [3.63, 3.8) is 0 Å². The van der Waals surface area contributed by atoms with Gasteiger partial charge in [0.15, 0.2) is 5.78 Å². The lowest BCUT2D eigenvalue weighted by atomic mass is 10.1. The smallest absolute Gasteiger partial charge is 0.161 e. The van der Waals surface area contributed by atoms with E-state index < -0.39 is 0 Å². The van der Waals surface area contributed by atoms with Crippen LogP contribution in [0.3, 0.4) is 0 Å². The maximum absolute atomic E-state index is 11.6. The number of carbonyl (C=O) groups is 1. The van der Waals surface area contributed by atoms with Gasteiger partial charge in [-0.2, -0.15) is 0 Å². The molecule has 94 valence electrons. The summed E-state index contributed by atoms with van der Waals surface area (Å²) in [5, 5.41) is 4.29. The van der Waals surface area contributed by atoms with E-state index in [9.17, 15) is 4.79 Å². The first-order valence-electron chi connectivity index (χ1n) is 5.76. The average Bonchev–Trinajstić information content (AvgIpc) is 2.27. The minimum atomic E-state index is -0.0390. The molecule has 0 heterocycles. The van der Waals surface area contributed by atoms with Crippen LogP contribution in [-0.2, 0) is 0 Å². The Morgan fingerprint density at radius 1 is 1.29 bits per heavy atom. The lowest BCUT2D eigenvalue weighted by molar-refractivity contribution is 0.101. The van der Waals surface area contributed by atoms with Gasteiger partial charge in [-0.15, -0.1) is 0 Å². The van der Waals surface area contributed by atoms with Gasteiger partial charge in [0, 0.05) is 16.6 Å². The summed E-state index contributed by atoms with van der Waals surface area (Å²) in [7, 11) is 0. The molecule has 1 aromatic rings. The van der Waals surface area contributed by atoms with Crippen molar-refractivity contribution >= 4 is 34.7 Å². The highest BCUT2D eigenvalue weighted by Crippen LogP contribution is 2.31. The van der Waals surface area contributed by atoms with Gasteiger partial charge in [-0.1, -0.05) is 37.0 Å². The number of halogens is 2. The fraction of sp³-hybridized carbons (Fsp3) is 0.462. The molecule has 0 amide bonds. The van der Waals surface area contributed by atoms with E-state index in [4.69, 9.17) is 23.2 Å². The van der Waals surface area contributed by atoms with Gasteiger partial charge < -0.3 is 5.32 Å². The first-order chi connectivity index (χ1) is 7.99. The molecule has 0 saturated carbocycles. The largest absolute Gasteiger partial charge is 0.381 e. The molecule has 0 bridgehead atoms. The molecule has 4 heteroatoms. The molecule has 0 saturated heterocycles. The number of nitrogens with one attached hydrogen (secondary N) is 1. The second-order valence-electron chi connectivity index (χ2n) is 4.02. The lowest BCUT2D eigenvalue weighted by Gasteiger charge is -2.19. The van der Waals surface area contributed by atoms with E-state index >= 15 is 0 Å². The van der Waals surface area contributed by atoms with Gasteiger partial charge in [0.2, 0.25) is 0 Å². The summed E-state index contributed by atoms with van der Waals surface area (Å²) < 4.78 is 0. The zero-order valence-electron chi connectivity index (χ0n) is 10.3. The van der Waals surface area contributed by atoms with E-state index in [2.05, 4.69) is 19.2 Å². The van der Waals surface area contributed by atoms with Crippen molar-refractivity contribution in [1.29, 1.82) is 0 Å². The molecule has 0 aromatic heterocycles. The summed E-state index contributed by atoms with van der Waals surface area (Å²) in [6, 6.07) is 3.62. The molecule has 0 fully saturated rings. The van der Waals surface area contributed by atoms with Crippen LogP contribution in [-0.4, -0.2) is 11.8 Å². The van der Waals surface area contributed by atoms with Crippen LogP contribution in [0.15, 0.2) is 12.1 Å². The van der Waals surface area contributed by atoms with E-state index in [0.29, 0.717) is 27.3 Å². The number of carbonyl (C=O) groups excluding carboxylic acids is 1. The van der Waals surface area contributed by atoms with Gasteiger partial charge in [0.05, 0.1) is 10.7 Å². The zero-order chi connectivity index (χ0) is 13.0. The number of rotatable bonds is 5. The molecule has 0 atom stereocenters. The molecule has 1 N–H and O–H groups in total. The SMILES string of the molecule is CCC(CC)Nc1c(Cl)cc(Cl)cc1C(C)=O. The van der Waals surface area contributed by atoms with Crippen molar-refractivity contribution in [1.82, 2.24) is 0 Å². The van der Waals surface area contributed by atoms with Crippen molar-refractivity contribution in [3.8, 4) is 0 Å². The molecule has 1 aromatic carbocycles. The monoisotopic (exact) mass is 273 g/mol. The molecule has 0 aliphatic heterocycles. The van der Waals surface area contributed by atoms with Crippen LogP contribution in [0.1, 0.15) is 44.0 Å². The summed E-state index contributed by atoms with van der Waals surface area (Å²) in [6.07, 6.45) is 1.96. The van der Waals surface area contributed by atoms with Crippen LogP contribution < -0.4 is 5.32 Å². The van der Waals surface area contributed by atoms with Crippen molar-refractivity contribution in [2.45, 2.75) is 39.7 Å². The fourth-order valence-corrected chi connectivity index (χ4v) is 2.24. The second-order valence-corrected chi connectivity index (χ2v) is 4.87. The molecular weight excluding hydrogens is 257 g/mol. The highest BCUT2D eigenvalue weighted by Gasteiger charge is 2.15. The van der Waals surface area contributed by atoms with Crippen LogP contribution in [0, 0.1) is 0 Å². The van der Waals surface area contributed by atoms with Gasteiger partial charge in [-0.25, -0.2) is 0 Å². The third-order valence-electron chi connectivity index (χ3n) is 2.77. The maximum Gasteiger partial charge on any atom is 0.161 e. The van der Waals surface area contributed by atoms with E-state index in [1.807, 2.05) is 0 Å². The van der Waals surface area contributed by atoms with Crippen LogP contribution in [0.4, 0.5) is 5.69 Å². The summed E-state index contributed by atoms with van der Waals surface area (Å²) in [5.74, 6) is -0.0390. The Kier molecular flexibility index (Phi) is 5.29. The minimum absolute atomic E-state index is 0.0390. The van der Waals surface area contributed by atoms with Crippen LogP contribution in [0.5, 0.6) is 0 Å². The lowest BCUT2D eigenvalue weighted by Crippen LogP contribution is -2.19. The number of anilines is 1. The topological polar surface area (TPSA) is 29.1 Å². The van der Waals surface area contributed by atoms with Gasteiger partial charge in [-0.3, -0.25) is 4.79 Å². The molecule has 0 aliphatic rings. The number of benzene rings is 1. The van der Waals surface area contributed by atoms with Gasteiger partial charge >= 0.3 is 0 Å². The summed E-state index contributed by atoms with van der Waals surface area (Å²) in [5.41, 5.74) is 1.24. The Balaban J connectivity index is 3.16. The van der Waals surface area contributed by atoms with Crippen molar-refractivity contribution in [2.24, 2.45) is 0 Å². The number of ketones is 1. The molecular formula is C13H17Cl2NO. The maximum atomic E-state index is 11.6. The Morgan fingerprint density at radius 3 is 2.35 bits per heavy atom. The Morgan fingerprint density at radius 2 is 1.88 bits per heavy atom. The normalized spacial score (nSPS) is 10.7.